The number of carbonyl (C=O) groups is 3. The summed E-state index contributed by atoms with van der Waals surface area (Å²) in [4.78, 5) is 41.4. The van der Waals surface area contributed by atoms with Crippen LogP contribution in [-0.2, 0) is 14.3 Å². The van der Waals surface area contributed by atoms with Crippen molar-refractivity contribution in [2.75, 3.05) is 51.3 Å². The monoisotopic (exact) mass is 683 g/mol. The van der Waals surface area contributed by atoms with Crippen LogP contribution in [0.3, 0.4) is 0 Å². The number of fused-ring (bicyclic) bond motifs is 1. The molecule has 6 rings (SSSR count). The maximum atomic E-state index is 13.5. The van der Waals surface area contributed by atoms with Gasteiger partial charge < -0.3 is 25.0 Å². The maximum Gasteiger partial charge on any atom is 0.335 e. The first kappa shape index (κ1) is 33.2. The fourth-order valence-electron chi connectivity index (χ4n) is 5.46. The molecule has 0 saturated carbocycles. The standard InChI is InChI=1S/C36H33N3O7S2/c40-30-9-5-25-19-24(1-2-27(25)21-30)26-6-10-31(46-18-15-38-13-16-45-17-14-38)28(20-26)22-32-34(42)39(36(47)48-32)12-11-33(41)37-29-7-3-23(4-8-29)35(43)44/h1-10,19-22,40H,11-18H2,(H,37,41)(H,43,44)/b32-22-. The van der Waals surface area contributed by atoms with E-state index in [0.717, 1.165) is 47.1 Å². The zero-order valence-electron chi connectivity index (χ0n) is 25.9. The SMILES string of the molecule is O=C(CCN1C(=O)/C(=C/c2cc(-c3ccc4cc(O)ccc4c3)ccc2OCCN2CCOCC2)SC1=S)Nc1ccc(C(=O)O)cc1. The van der Waals surface area contributed by atoms with Gasteiger partial charge in [0.2, 0.25) is 5.91 Å². The molecule has 0 spiro atoms. The van der Waals surface area contributed by atoms with Crippen molar-refractivity contribution in [2.45, 2.75) is 6.42 Å². The predicted molar refractivity (Wildman–Crippen MR) is 190 cm³/mol. The number of rotatable bonds is 11. The highest BCUT2D eigenvalue weighted by Gasteiger charge is 2.32. The summed E-state index contributed by atoms with van der Waals surface area (Å²) in [6.07, 6.45) is 1.79. The highest BCUT2D eigenvalue weighted by Crippen LogP contribution is 2.36. The van der Waals surface area contributed by atoms with Gasteiger partial charge in [-0.3, -0.25) is 19.4 Å². The van der Waals surface area contributed by atoms with Crippen LogP contribution < -0.4 is 10.1 Å². The molecule has 2 aliphatic heterocycles. The van der Waals surface area contributed by atoms with Crippen LogP contribution in [0.25, 0.3) is 28.0 Å². The minimum atomic E-state index is -1.05. The molecular weight excluding hydrogens is 651 g/mol. The smallest absolute Gasteiger partial charge is 0.335 e. The lowest BCUT2D eigenvalue weighted by molar-refractivity contribution is -0.122. The number of phenolic OH excluding ortho intramolecular Hbond substituents is 1. The van der Waals surface area contributed by atoms with E-state index in [4.69, 9.17) is 26.8 Å². The Morgan fingerprint density at radius 2 is 1.65 bits per heavy atom. The number of morpholine rings is 1. The van der Waals surface area contributed by atoms with Gasteiger partial charge in [-0.1, -0.05) is 48.2 Å². The summed E-state index contributed by atoms with van der Waals surface area (Å²) < 4.78 is 12.1. The molecule has 246 valence electrons. The lowest BCUT2D eigenvalue weighted by Gasteiger charge is -2.26. The number of aromatic hydroxyl groups is 1. The van der Waals surface area contributed by atoms with Gasteiger partial charge in [0.15, 0.2) is 0 Å². The third-order valence-electron chi connectivity index (χ3n) is 8.07. The summed E-state index contributed by atoms with van der Waals surface area (Å²) >= 11 is 6.71. The number of benzene rings is 4. The quantitative estimate of drug-likeness (QED) is 0.131. The van der Waals surface area contributed by atoms with E-state index in [2.05, 4.69) is 16.3 Å². The Balaban J connectivity index is 1.19. The van der Waals surface area contributed by atoms with Crippen molar-refractivity contribution < 1.29 is 34.1 Å². The number of thiocarbonyl (C=S) groups is 1. The van der Waals surface area contributed by atoms with E-state index in [0.29, 0.717) is 40.5 Å². The van der Waals surface area contributed by atoms with Crippen LogP contribution in [0.5, 0.6) is 11.5 Å². The van der Waals surface area contributed by atoms with E-state index in [9.17, 15) is 19.5 Å². The van der Waals surface area contributed by atoms with Crippen LogP contribution in [0, 0.1) is 0 Å². The molecule has 4 aromatic carbocycles. The van der Waals surface area contributed by atoms with E-state index in [1.165, 1.54) is 40.9 Å². The maximum absolute atomic E-state index is 13.5. The van der Waals surface area contributed by atoms with Crippen molar-refractivity contribution in [2.24, 2.45) is 0 Å². The van der Waals surface area contributed by atoms with Gasteiger partial charge in [-0.15, -0.1) is 0 Å². The Bertz CT molecular complexity index is 1910. The van der Waals surface area contributed by atoms with E-state index < -0.39 is 5.97 Å². The number of anilines is 1. The van der Waals surface area contributed by atoms with Crippen molar-refractivity contribution in [1.82, 2.24) is 9.80 Å². The van der Waals surface area contributed by atoms with Crippen LogP contribution >= 0.6 is 24.0 Å². The summed E-state index contributed by atoms with van der Waals surface area (Å²) in [6.45, 7) is 4.42. The Morgan fingerprint density at radius 1 is 0.938 bits per heavy atom. The molecule has 3 N–H and O–H groups in total. The Morgan fingerprint density at radius 3 is 2.42 bits per heavy atom. The summed E-state index contributed by atoms with van der Waals surface area (Å²) in [7, 11) is 0. The van der Waals surface area contributed by atoms with E-state index in [1.54, 1.807) is 18.2 Å². The minimum absolute atomic E-state index is 0.00548. The highest BCUT2D eigenvalue weighted by atomic mass is 32.2. The number of hydrogen-bond acceptors (Lipinski definition) is 9. The van der Waals surface area contributed by atoms with Gasteiger partial charge in [0, 0.05) is 43.9 Å². The van der Waals surface area contributed by atoms with Crippen LogP contribution in [0.4, 0.5) is 5.69 Å². The molecule has 10 nitrogen and oxygen atoms in total. The number of nitrogens with one attached hydrogen (secondary N) is 1. The molecule has 2 amide bonds. The summed E-state index contributed by atoms with van der Waals surface area (Å²) in [6, 6.07) is 23.0. The second-order valence-corrected chi connectivity index (χ2v) is 13.0. The Labute approximate surface area is 286 Å². The highest BCUT2D eigenvalue weighted by molar-refractivity contribution is 8.26. The van der Waals surface area contributed by atoms with Gasteiger partial charge in [0.1, 0.15) is 22.4 Å². The first-order valence-electron chi connectivity index (χ1n) is 15.4. The number of carbonyl (C=O) groups excluding carboxylic acids is 2. The van der Waals surface area contributed by atoms with Gasteiger partial charge >= 0.3 is 5.97 Å². The second kappa shape index (κ2) is 15.0. The van der Waals surface area contributed by atoms with Crippen molar-refractivity contribution >= 4 is 68.6 Å². The fraction of sp³-hybridized carbons (Fsp3) is 0.222. The molecule has 0 atom stereocenters. The number of aromatic carboxylic acids is 1. The number of hydrogen-bond donors (Lipinski definition) is 3. The first-order valence-corrected chi connectivity index (χ1v) is 16.6. The van der Waals surface area contributed by atoms with E-state index in [-0.39, 0.29) is 36.1 Å². The van der Waals surface area contributed by atoms with Gasteiger partial charge in [-0.2, -0.15) is 0 Å². The molecule has 2 heterocycles. The Kier molecular flexibility index (Phi) is 10.4. The van der Waals surface area contributed by atoms with Crippen molar-refractivity contribution in [3.8, 4) is 22.6 Å². The van der Waals surface area contributed by atoms with Crippen molar-refractivity contribution in [3.63, 3.8) is 0 Å². The molecule has 0 unspecified atom stereocenters. The average Bonchev–Trinajstić information content (AvgIpc) is 3.35. The molecule has 4 aromatic rings. The van der Waals surface area contributed by atoms with Gasteiger partial charge in [-0.05, 0) is 82.6 Å². The molecule has 0 aliphatic carbocycles. The summed E-state index contributed by atoms with van der Waals surface area (Å²) in [5.41, 5.74) is 3.20. The van der Waals surface area contributed by atoms with E-state index in [1.807, 2.05) is 36.4 Å². The topological polar surface area (TPSA) is 129 Å². The van der Waals surface area contributed by atoms with Crippen LogP contribution in [0.1, 0.15) is 22.3 Å². The number of phenols is 1. The molecular formula is C36H33N3O7S2. The first-order chi connectivity index (χ1) is 23.2. The number of carboxylic acid groups (broad SMARTS) is 1. The van der Waals surface area contributed by atoms with Crippen LogP contribution in [-0.4, -0.2) is 88.1 Å². The fourth-order valence-corrected chi connectivity index (χ4v) is 6.76. The zero-order chi connectivity index (χ0) is 33.6. The molecule has 48 heavy (non-hydrogen) atoms. The largest absolute Gasteiger partial charge is 0.508 e. The number of thioether (sulfide) groups is 1. The van der Waals surface area contributed by atoms with Crippen LogP contribution in [0.2, 0.25) is 0 Å². The number of nitrogens with zero attached hydrogens (tertiary/aromatic N) is 2. The van der Waals surface area contributed by atoms with Gasteiger partial charge in [-0.25, -0.2) is 4.79 Å². The number of ether oxygens (including phenoxy) is 2. The summed E-state index contributed by atoms with van der Waals surface area (Å²) in [5, 5.41) is 23.6. The second-order valence-electron chi connectivity index (χ2n) is 11.3. The molecule has 0 bridgehead atoms. The zero-order valence-corrected chi connectivity index (χ0v) is 27.5. The Hall–Kier alpha value is -4.75. The molecule has 0 aromatic heterocycles. The number of amides is 2. The van der Waals surface area contributed by atoms with Gasteiger partial charge in [0.05, 0.1) is 23.7 Å². The summed E-state index contributed by atoms with van der Waals surface area (Å²) in [5.74, 6) is -0.828. The van der Waals surface area contributed by atoms with E-state index >= 15 is 0 Å². The molecule has 2 fully saturated rings. The lowest BCUT2D eigenvalue weighted by atomic mass is 9.99. The normalized spacial score (nSPS) is 16.1. The number of carboxylic acids is 1. The van der Waals surface area contributed by atoms with Crippen molar-refractivity contribution in [3.05, 3.63) is 94.9 Å². The molecule has 2 aliphatic rings. The third kappa shape index (κ3) is 8.03. The van der Waals surface area contributed by atoms with Crippen molar-refractivity contribution in [1.29, 1.82) is 0 Å². The third-order valence-corrected chi connectivity index (χ3v) is 9.45. The minimum Gasteiger partial charge on any atom is -0.508 e. The van der Waals surface area contributed by atoms with Gasteiger partial charge in [0.25, 0.3) is 5.91 Å². The predicted octanol–water partition coefficient (Wildman–Crippen LogP) is 5.85. The lowest BCUT2D eigenvalue weighted by Crippen LogP contribution is -2.38. The van der Waals surface area contributed by atoms with Crippen LogP contribution in [0.15, 0.2) is 83.8 Å². The average molecular weight is 684 g/mol. The molecule has 12 heteroatoms. The molecule has 2 saturated heterocycles. The molecule has 0 radical (unpaired) electrons.